The maximum atomic E-state index is 4.49. The van der Waals surface area contributed by atoms with Crippen LogP contribution in [0.4, 0.5) is 5.69 Å². The average Bonchev–Trinajstić information content (AvgIpc) is 2.48. The van der Waals surface area contributed by atoms with Crippen LogP contribution in [0.1, 0.15) is 5.56 Å². The van der Waals surface area contributed by atoms with Crippen LogP contribution in [0, 0.1) is 0 Å². The van der Waals surface area contributed by atoms with Crippen molar-refractivity contribution < 1.29 is 0 Å². The Hall–Kier alpha value is -1.94. The zero-order valence-electron chi connectivity index (χ0n) is 10.9. The van der Waals surface area contributed by atoms with Crippen molar-refractivity contribution in [2.24, 2.45) is 0 Å². The van der Waals surface area contributed by atoms with Crippen molar-refractivity contribution in [1.82, 2.24) is 9.97 Å². The van der Waals surface area contributed by atoms with E-state index in [0.717, 1.165) is 34.0 Å². The van der Waals surface area contributed by atoms with Crippen molar-refractivity contribution >= 4 is 32.5 Å². The summed E-state index contributed by atoms with van der Waals surface area (Å²) in [5, 5.41) is 4.59. The number of pyridine rings is 2. The third kappa shape index (κ3) is 2.96. The number of anilines is 1. The molecule has 3 nitrogen and oxygen atoms in total. The number of hydrogen-bond acceptors (Lipinski definition) is 3. The topological polar surface area (TPSA) is 37.8 Å². The summed E-state index contributed by atoms with van der Waals surface area (Å²) in [5.41, 5.74) is 3.36. The van der Waals surface area contributed by atoms with Crippen LogP contribution >= 0.6 is 15.9 Å². The van der Waals surface area contributed by atoms with Crippen LogP contribution in [0.2, 0.25) is 0 Å². The Morgan fingerprint density at radius 1 is 1.10 bits per heavy atom. The molecule has 3 aromatic rings. The summed E-state index contributed by atoms with van der Waals surface area (Å²) >= 11 is 3.45. The minimum atomic E-state index is 0.876. The first-order valence-electron chi connectivity index (χ1n) is 6.50. The van der Waals surface area contributed by atoms with E-state index in [2.05, 4.69) is 49.4 Å². The molecule has 0 fully saturated rings. The van der Waals surface area contributed by atoms with Gasteiger partial charge in [0.1, 0.15) is 0 Å². The van der Waals surface area contributed by atoms with E-state index in [9.17, 15) is 0 Å². The van der Waals surface area contributed by atoms with E-state index < -0.39 is 0 Å². The minimum Gasteiger partial charge on any atom is -0.383 e. The first kappa shape index (κ1) is 13.1. The molecule has 0 aliphatic rings. The highest BCUT2D eigenvalue weighted by atomic mass is 79.9. The van der Waals surface area contributed by atoms with Crippen molar-refractivity contribution in [1.29, 1.82) is 0 Å². The molecule has 0 amide bonds. The zero-order chi connectivity index (χ0) is 13.8. The molecule has 1 N–H and O–H groups in total. The predicted octanol–water partition coefficient (Wildman–Crippen LogP) is 4.05. The Labute approximate surface area is 126 Å². The van der Waals surface area contributed by atoms with Crippen molar-refractivity contribution in [3.05, 3.63) is 65.0 Å². The Morgan fingerprint density at radius 3 is 2.80 bits per heavy atom. The number of halogens is 1. The van der Waals surface area contributed by atoms with Gasteiger partial charge in [0.15, 0.2) is 0 Å². The van der Waals surface area contributed by atoms with Crippen LogP contribution in [0.5, 0.6) is 0 Å². The van der Waals surface area contributed by atoms with Gasteiger partial charge in [0.2, 0.25) is 0 Å². The van der Waals surface area contributed by atoms with Gasteiger partial charge in [0, 0.05) is 35.0 Å². The summed E-state index contributed by atoms with van der Waals surface area (Å²) in [6.07, 6.45) is 6.45. The third-order valence-corrected chi connectivity index (χ3v) is 3.59. The highest BCUT2D eigenvalue weighted by Gasteiger charge is 2.02. The lowest BCUT2D eigenvalue weighted by Crippen LogP contribution is -2.05. The van der Waals surface area contributed by atoms with Crippen LogP contribution < -0.4 is 5.32 Å². The molecule has 4 heteroatoms. The number of aromatic nitrogens is 2. The summed E-state index contributed by atoms with van der Waals surface area (Å²) in [5.74, 6) is 0. The van der Waals surface area contributed by atoms with Crippen molar-refractivity contribution in [2.45, 2.75) is 6.42 Å². The van der Waals surface area contributed by atoms with Crippen molar-refractivity contribution in [2.75, 3.05) is 11.9 Å². The molecule has 0 atom stereocenters. The summed E-state index contributed by atoms with van der Waals surface area (Å²) in [6, 6.07) is 12.3. The predicted molar refractivity (Wildman–Crippen MR) is 85.9 cm³/mol. The molecule has 2 aromatic heterocycles. The van der Waals surface area contributed by atoms with Gasteiger partial charge >= 0.3 is 0 Å². The molecule has 1 aromatic carbocycles. The molecule has 0 radical (unpaired) electrons. The van der Waals surface area contributed by atoms with E-state index in [-0.39, 0.29) is 0 Å². The third-order valence-electron chi connectivity index (χ3n) is 3.16. The van der Waals surface area contributed by atoms with E-state index >= 15 is 0 Å². The summed E-state index contributed by atoms with van der Waals surface area (Å²) in [6.45, 7) is 0.876. The maximum absolute atomic E-state index is 4.49. The lowest BCUT2D eigenvalue weighted by molar-refractivity contribution is 1.01. The number of fused-ring (bicyclic) bond motifs is 1. The lowest BCUT2D eigenvalue weighted by Gasteiger charge is -2.09. The first-order chi connectivity index (χ1) is 9.83. The van der Waals surface area contributed by atoms with Gasteiger partial charge < -0.3 is 5.32 Å². The van der Waals surface area contributed by atoms with Gasteiger partial charge in [-0.05, 0) is 52.2 Å². The normalized spacial score (nSPS) is 10.7. The molecule has 0 bridgehead atoms. The number of nitrogens with zero attached hydrogens (tertiary/aromatic N) is 2. The number of para-hydroxylation sites is 1. The van der Waals surface area contributed by atoms with Crippen LogP contribution in [0.15, 0.2) is 59.5 Å². The number of hydrogen-bond donors (Lipinski definition) is 1. The lowest BCUT2D eigenvalue weighted by atomic mass is 10.1. The number of nitrogens with one attached hydrogen (secondary N) is 1. The maximum Gasteiger partial charge on any atom is 0.0934 e. The fraction of sp³-hybridized carbons (Fsp3) is 0.125. The number of benzene rings is 1. The molecule has 3 rings (SSSR count). The Bertz CT molecular complexity index is 713. The van der Waals surface area contributed by atoms with Gasteiger partial charge in [0.25, 0.3) is 0 Å². The van der Waals surface area contributed by atoms with E-state index in [1.165, 1.54) is 5.56 Å². The highest BCUT2D eigenvalue weighted by molar-refractivity contribution is 9.10. The van der Waals surface area contributed by atoms with E-state index in [1.807, 2.05) is 36.8 Å². The molecule has 20 heavy (non-hydrogen) atoms. The SMILES string of the molecule is Brc1cnc2c(NCCc3ccncc3)cccc2c1. The van der Waals surface area contributed by atoms with Gasteiger partial charge in [-0.3, -0.25) is 9.97 Å². The largest absolute Gasteiger partial charge is 0.383 e. The summed E-state index contributed by atoms with van der Waals surface area (Å²) < 4.78 is 0.999. The minimum absolute atomic E-state index is 0.876. The van der Waals surface area contributed by atoms with Crippen LogP contribution in [0.25, 0.3) is 10.9 Å². The fourth-order valence-electron chi connectivity index (χ4n) is 2.17. The van der Waals surface area contributed by atoms with Crippen LogP contribution in [0.3, 0.4) is 0 Å². The molecule has 0 spiro atoms. The van der Waals surface area contributed by atoms with Gasteiger partial charge in [-0.25, -0.2) is 0 Å². The van der Waals surface area contributed by atoms with E-state index in [0.29, 0.717) is 0 Å². The Balaban J connectivity index is 1.74. The average molecular weight is 328 g/mol. The molecule has 100 valence electrons. The molecule has 0 unspecified atom stereocenters. The molecular formula is C16H14BrN3. The van der Waals surface area contributed by atoms with E-state index in [1.54, 1.807) is 0 Å². The monoisotopic (exact) mass is 327 g/mol. The Morgan fingerprint density at radius 2 is 1.95 bits per heavy atom. The molecule has 2 heterocycles. The van der Waals surface area contributed by atoms with Gasteiger partial charge in [-0.2, -0.15) is 0 Å². The van der Waals surface area contributed by atoms with Crippen molar-refractivity contribution in [3.8, 4) is 0 Å². The molecule has 0 saturated carbocycles. The molecule has 0 aliphatic carbocycles. The second kappa shape index (κ2) is 6.01. The van der Waals surface area contributed by atoms with Crippen LogP contribution in [-0.4, -0.2) is 16.5 Å². The molecule has 0 aliphatic heterocycles. The van der Waals surface area contributed by atoms with Gasteiger partial charge in [0.05, 0.1) is 11.2 Å². The van der Waals surface area contributed by atoms with Gasteiger partial charge in [-0.1, -0.05) is 12.1 Å². The standard InChI is InChI=1S/C16H14BrN3/c17-14-10-13-2-1-3-15(16(13)20-11-14)19-9-6-12-4-7-18-8-5-12/h1-5,7-8,10-11,19H,6,9H2. The zero-order valence-corrected chi connectivity index (χ0v) is 12.5. The summed E-state index contributed by atoms with van der Waals surface area (Å²) in [4.78, 5) is 8.51. The number of rotatable bonds is 4. The quantitative estimate of drug-likeness (QED) is 0.785. The van der Waals surface area contributed by atoms with Crippen molar-refractivity contribution in [3.63, 3.8) is 0 Å². The summed E-state index contributed by atoms with van der Waals surface area (Å²) in [7, 11) is 0. The molecule has 0 saturated heterocycles. The second-order valence-electron chi connectivity index (χ2n) is 4.56. The smallest absolute Gasteiger partial charge is 0.0934 e. The van der Waals surface area contributed by atoms with E-state index in [4.69, 9.17) is 0 Å². The molecular weight excluding hydrogens is 314 g/mol. The fourth-order valence-corrected chi connectivity index (χ4v) is 2.52. The van der Waals surface area contributed by atoms with Crippen LogP contribution in [-0.2, 0) is 6.42 Å². The second-order valence-corrected chi connectivity index (χ2v) is 5.48. The highest BCUT2D eigenvalue weighted by Crippen LogP contribution is 2.23. The Kier molecular flexibility index (Phi) is 3.92. The first-order valence-corrected chi connectivity index (χ1v) is 7.29. The van der Waals surface area contributed by atoms with Gasteiger partial charge in [-0.15, -0.1) is 0 Å².